The van der Waals surface area contributed by atoms with Crippen molar-refractivity contribution in [2.45, 2.75) is 107 Å². The van der Waals surface area contributed by atoms with Gasteiger partial charge in [0.15, 0.2) is 0 Å². The number of aryl methyl sites for hydroxylation is 8. The van der Waals surface area contributed by atoms with Crippen molar-refractivity contribution in [2.24, 2.45) is 0 Å². The Balaban J connectivity index is 1.16. The molecule has 474 valence electrons. The summed E-state index contributed by atoms with van der Waals surface area (Å²) >= 11 is 0. The molecule has 4 N–H and O–H groups in total. The van der Waals surface area contributed by atoms with Gasteiger partial charge in [-0.2, -0.15) is 0 Å². The molecule has 16 aromatic rings. The van der Waals surface area contributed by atoms with Crippen molar-refractivity contribution < 1.29 is 0 Å². The van der Waals surface area contributed by atoms with E-state index in [1.54, 1.807) is 0 Å². The number of para-hydroxylation sites is 4. The van der Waals surface area contributed by atoms with Crippen LogP contribution in [-0.4, -0.2) is 19.9 Å². The Bertz CT molecular complexity index is 4860. The smallest absolute Gasteiger partial charge is 0.0561 e. The molecule has 16 rings (SSSR count). The molecule has 0 aliphatic rings. The molecule has 0 bridgehead atoms. The van der Waals surface area contributed by atoms with E-state index >= 15 is 0 Å². The highest BCUT2D eigenvalue weighted by atomic mass is 15.2. The van der Waals surface area contributed by atoms with Crippen LogP contribution >= 0.6 is 0 Å². The zero-order chi connectivity index (χ0) is 65.3. The lowest BCUT2D eigenvalue weighted by Crippen LogP contribution is -2.19. The van der Waals surface area contributed by atoms with Crippen LogP contribution in [0.15, 0.2) is 231 Å². The van der Waals surface area contributed by atoms with Crippen molar-refractivity contribution in [1.29, 1.82) is 0 Å². The number of nitrogens with one attached hydrogen (secondary N) is 4. The molecular weight excluding hydrogens is 1170 g/mol. The molecule has 0 atom stereocenters. The number of aromatic amines is 4. The highest BCUT2D eigenvalue weighted by Gasteiger charge is 2.34. The summed E-state index contributed by atoms with van der Waals surface area (Å²) in [5, 5.41) is 12.0. The molecule has 0 radical (unpaired) electrons. The topological polar surface area (TPSA) is 76.1 Å². The molecular formula is C88H82N8. The second kappa shape index (κ2) is 24.7. The van der Waals surface area contributed by atoms with Gasteiger partial charge in [-0.3, -0.25) is 0 Å². The van der Waals surface area contributed by atoms with E-state index in [9.17, 15) is 0 Å². The van der Waals surface area contributed by atoms with Gasteiger partial charge in [-0.25, -0.2) is 0 Å². The number of hydrogen-bond donors (Lipinski definition) is 4. The normalized spacial score (nSPS) is 11.9. The summed E-state index contributed by atoms with van der Waals surface area (Å²) in [6, 6.07) is 78.6. The van der Waals surface area contributed by atoms with Gasteiger partial charge in [0.05, 0.1) is 67.6 Å². The maximum absolute atomic E-state index is 3.76. The average molecular weight is 1250 g/mol. The predicted octanol–water partition coefficient (Wildman–Crippen LogP) is 24.9. The molecule has 8 heteroatoms. The van der Waals surface area contributed by atoms with Gasteiger partial charge in [0.1, 0.15) is 0 Å². The van der Waals surface area contributed by atoms with Gasteiger partial charge in [-0.1, -0.05) is 152 Å². The first-order valence-corrected chi connectivity index (χ1v) is 35.0. The van der Waals surface area contributed by atoms with Crippen LogP contribution in [0, 0.1) is 0 Å². The van der Waals surface area contributed by atoms with E-state index in [-0.39, 0.29) is 0 Å². The third-order valence-electron chi connectivity index (χ3n) is 20.7. The van der Waals surface area contributed by atoms with Crippen LogP contribution in [-0.2, 0) is 51.4 Å². The maximum atomic E-state index is 3.76. The fourth-order valence-corrected chi connectivity index (χ4v) is 16.4. The number of fused-ring (bicyclic) bond motifs is 4. The van der Waals surface area contributed by atoms with Gasteiger partial charge >= 0.3 is 0 Å². The second-order valence-corrected chi connectivity index (χ2v) is 25.6. The van der Waals surface area contributed by atoms with Crippen molar-refractivity contribution in [3.05, 3.63) is 276 Å². The van der Waals surface area contributed by atoms with Gasteiger partial charge in [0, 0.05) is 124 Å². The molecule has 4 aromatic heterocycles. The fraction of sp³-hybridized carbons (Fsp3) is 0.182. The van der Waals surface area contributed by atoms with Crippen LogP contribution < -0.4 is 19.6 Å². The Labute approximate surface area is 562 Å². The van der Waals surface area contributed by atoms with E-state index in [2.05, 4.69) is 326 Å². The zero-order valence-electron chi connectivity index (χ0n) is 56.4. The van der Waals surface area contributed by atoms with Crippen LogP contribution in [0.4, 0.5) is 68.2 Å². The molecule has 4 heterocycles. The second-order valence-electron chi connectivity index (χ2n) is 25.6. The highest BCUT2D eigenvalue weighted by Crippen LogP contribution is 2.58. The van der Waals surface area contributed by atoms with E-state index in [1.807, 2.05) is 0 Å². The van der Waals surface area contributed by atoms with E-state index in [4.69, 9.17) is 0 Å². The first-order chi connectivity index (χ1) is 47.3. The van der Waals surface area contributed by atoms with Crippen LogP contribution in [0.2, 0.25) is 0 Å². The van der Waals surface area contributed by atoms with Gasteiger partial charge < -0.3 is 39.5 Å². The number of rotatable bonds is 20. The number of benzene rings is 12. The largest absolute Gasteiger partial charge is 0.361 e. The van der Waals surface area contributed by atoms with Crippen molar-refractivity contribution >= 4 is 144 Å². The number of anilines is 12. The molecule has 12 aromatic carbocycles. The molecule has 0 saturated heterocycles. The minimum Gasteiger partial charge on any atom is -0.361 e. The van der Waals surface area contributed by atoms with Gasteiger partial charge in [0.25, 0.3) is 0 Å². The van der Waals surface area contributed by atoms with Crippen molar-refractivity contribution in [1.82, 2.24) is 19.9 Å². The minimum atomic E-state index is 0.827. The zero-order valence-corrected chi connectivity index (χ0v) is 56.4. The Morgan fingerprint density at radius 1 is 0.240 bits per heavy atom. The van der Waals surface area contributed by atoms with Gasteiger partial charge in [0.2, 0.25) is 0 Å². The lowest BCUT2D eigenvalue weighted by Gasteiger charge is -2.37. The van der Waals surface area contributed by atoms with Crippen LogP contribution in [0.1, 0.15) is 99.9 Å². The highest BCUT2D eigenvalue weighted by molar-refractivity contribution is 6.33. The van der Waals surface area contributed by atoms with Crippen LogP contribution in [0.5, 0.6) is 0 Å². The lowest BCUT2D eigenvalue weighted by molar-refractivity contribution is 1.07. The monoisotopic (exact) mass is 1250 g/mol. The van der Waals surface area contributed by atoms with E-state index in [0.717, 1.165) is 96.9 Å². The Hall–Kier alpha value is -11.0. The molecule has 0 unspecified atom stereocenters. The molecule has 0 fully saturated rings. The first-order valence-electron chi connectivity index (χ1n) is 35.0. The third kappa shape index (κ3) is 9.46. The molecule has 96 heavy (non-hydrogen) atoms. The van der Waals surface area contributed by atoms with Gasteiger partial charge in [-0.05, 0) is 183 Å². The minimum absolute atomic E-state index is 0.827. The standard InChI is InChI=1S/C88H82N8/c1-9-55-49-59-41-45-89-81(59)67(13-5)85(55)93(63-29-21-17-22-30-63)75-53-76(94(64-31-23-18-24-32-64)86-56(10-2)50-60-42-46-90-82(60)68(86)14-6)72-39-40-74-78(96(66-35-27-20-28-36-66)88-58(12-4)52-62-44-48-92-84(62)70(88)16-8)54-77(73-38-37-71(75)79(72)80(73)74)95(65-33-25-19-26-34-65)87-57(11-3)51-61-43-47-91-83(61)69(87)15-7/h17-54,89-92H,9-16H2,1-8H3. The number of aromatic nitrogens is 4. The van der Waals surface area contributed by atoms with Crippen molar-refractivity contribution in [3.8, 4) is 0 Å². The van der Waals surface area contributed by atoms with Gasteiger partial charge in [-0.15, -0.1) is 0 Å². The maximum Gasteiger partial charge on any atom is 0.0561 e. The molecule has 0 aliphatic heterocycles. The summed E-state index contributed by atoms with van der Waals surface area (Å²) in [7, 11) is 0. The lowest BCUT2D eigenvalue weighted by atomic mass is 9.87. The Morgan fingerprint density at radius 3 is 0.656 bits per heavy atom. The molecule has 0 saturated carbocycles. The van der Waals surface area contributed by atoms with Crippen molar-refractivity contribution in [2.75, 3.05) is 19.6 Å². The quantitative estimate of drug-likeness (QED) is 0.0574. The SMILES string of the molecule is CCc1cc2cc[nH]c2c(CC)c1N(c1ccccc1)c1cc(N(c2ccccc2)c2c(CC)cc3cc[nH]c3c2CC)c2ccc3c(N(c4ccccc4)c4c(CC)cc5cc[nH]c5c4CC)cc(N(c4ccccc4)c4c(CC)cc5cc[nH]c5c4CC)c4ccc1c2c43. The number of nitrogens with zero attached hydrogens (tertiary/aromatic N) is 4. The Morgan fingerprint density at radius 2 is 0.458 bits per heavy atom. The molecule has 0 aliphatic carbocycles. The molecule has 8 nitrogen and oxygen atoms in total. The van der Waals surface area contributed by atoms with Crippen LogP contribution in [0.25, 0.3) is 75.9 Å². The summed E-state index contributed by atoms with van der Waals surface area (Å²) in [5.74, 6) is 0. The average Bonchev–Trinajstić information content (AvgIpc) is 0.763. The van der Waals surface area contributed by atoms with E-state index < -0.39 is 0 Å². The summed E-state index contributed by atoms with van der Waals surface area (Å²) < 4.78 is 0. The number of H-pyrrole nitrogens is 4. The first kappa shape index (κ1) is 60.0. The van der Waals surface area contributed by atoms with Crippen molar-refractivity contribution in [3.63, 3.8) is 0 Å². The summed E-state index contributed by atoms with van der Waals surface area (Å²) in [5.41, 5.74) is 28.8. The summed E-state index contributed by atoms with van der Waals surface area (Å²) in [4.78, 5) is 25.6. The van der Waals surface area contributed by atoms with E-state index in [1.165, 1.54) is 143 Å². The predicted molar refractivity (Wildman–Crippen MR) is 411 cm³/mol. The van der Waals surface area contributed by atoms with Crippen LogP contribution in [0.3, 0.4) is 0 Å². The molecule has 0 amide bonds. The summed E-state index contributed by atoms with van der Waals surface area (Å²) in [6.07, 6.45) is 15.1. The summed E-state index contributed by atoms with van der Waals surface area (Å²) in [6.45, 7) is 18.6. The molecule has 0 spiro atoms. The Kier molecular flexibility index (Phi) is 15.5. The number of hydrogen-bond acceptors (Lipinski definition) is 4. The fourth-order valence-electron chi connectivity index (χ4n) is 16.4. The van der Waals surface area contributed by atoms with E-state index in [0.29, 0.717) is 0 Å². The third-order valence-corrected chi connectivity index (χ3v) is 20.7.